The number of hydrogen-bond acceptors (Lipinski definition) is 3. The number of aryl methyl sites for hydroxylation is 1. The predicted molar refractivity (Wildman–Crippen MR) is 58.6 cm³/mol. The smallest absolute Gasteiger partial charge is 0.146 e. The summed E-state index contributed by atoms with van der Waals surface area (Å²) in [5.41, 5.74) is 7.57. The van der Waals surface area contributed by atoms with Gasteiger partial charge in [-0.2, -0.15) is 0 Å². The zero-order valence-electron chi connectivity index (χ0n) is 8.57. The highest BCUT2D eigenvalue weighted by Gasteiger charge is 2.03. The summed E-state index contributed by atoms with van der Waals surface area (Å²) in [5, 5.41) is 0. The molecular formula is C12H13NO2. The lowest BCUT2D eigenvalue weighted by Crippen LogP contribution is -1.99. The first-order chi connectivity index (χ1) is 7.27. The first kappa shape index (κ1) is 9.65. The van der Waals surface area contributed by atoms with Crippen molar-refractivity contribution in [1.82, 2.24) is 0 Å². The highest BCUT2D eigenvalue weighted by molar-refractivity contribution is 5.57. The normalized spacial score (nSPS) is 10.2. The zero-order valence-corrected chi connectivity index (χ0v) is 8.57. The molecule has 2 rings (SSSR count). The highest BCUT2D eigenvalue weighted by atomic mass is 16.5. The second-order valence-electron chi connectivity index (χ2n) is 3.35. The first-order valence-corrected chi connectivity index (χ1v) is 4.77. The molecule has 3 nitrogen and oxygen atoms in total. The van der Waals surface area contributed by atoms with Gasteiger partial charge in [0.15, 0.2) is 0 Å². The average molecular weight is 203 g/mol. The van der Waals surface area contributed by atoms with E-state index in [0.717, 1.165) is 11.3 Å². The van der Waals surface area contributed by atoms with E-state index in [0.29, 0.717) is 18.0 Å². The highest BCUT2D eigenvalue weighted by Crippen LogP contribution is 2.25. The molecule has 0 aliphatic carbocycles. The van der Waals surface area contributed by atoms with Gasteiger partial charge in [0.2, 0.25) is 0 Å². The van der Waals surface area contributed by atoms with Crippen LogP contribution in [0.2, 0.25) is 0 Å². The van der Waals surface area contributed by atoms with Crippen LogP contribution in [0.1, 0.15) is 11.3 Å². The quantitative estimate of drug-likeness (QED) is 0.780. The van der Waals surface area contributed by atoms with E-state index in [1.54, 1.807) is 6.26 Å². The predicted octanol–water partition coefficient (Wildman–Crippen LogP) is 2.75. The van der Waals surface area contributed by atoms with Crippen molar-refractivity contribution in [2.45, 2.75) is 13.5 Å². The van der Waals surface area contributed by atoms with Gasteiger partial charge in [-0.05, 0) is 30.7 Å². The maximum absolute atomic E-state index is 5.87. The summed E-state index contributed by atoms with van der Waals surface area (Å²) >= 11 is 0. The molecule has 0 atom stereocenters. The van der Waals surface area contributed by atoms with E-state index in [1.165, 1.54) is 0 Å². The molecule has 0 aliphatic rings. The van der Waals surface area contributed by atoms with Crippen LogP contribution in [0.5, 0.6) is 5.75 Å². The molecule has 0 saturated carbocycles. The standard InChI is InChI=1S/C12H13NO2/c1-9-4-2-6-11(12(9)13)15-8-10-5-3-7-14-10/h2-7H,8,13H2,1H3. The number of rotatable bonds is 3. The second-order valence-corrected chi connectivity index (χ2v) is 3.35. The summed E-state index contributed by atoms with van der Waals surface area (Å²) in [7, 11) is 0. The van der Waals surface area contributed by atoms with Crippen LogP contribution >= 0.6 is 0 Å². The number of furan rings is 1. The Labute approximate surface area is 88.5 Å². The monoisotopic (exact) mass is 203 g/mol. The fourth-order valence-electron chi connectivity index (χ4n) is 1.32. The van der Waals surface area contributed by atoms with Gasteiger partial charge in [-0.3, -0.25) is 0 Å². The summed E-state index contributed by atoms with van der Waals surface area (Å²) < 4.78 is 10.7. The van der Waals surface area contributed by atoms with Gasteiger partial charge in [-0.25, -0.2) is 0 Å². The van der Waals surface area contributed by atoms with Crippen LogP contribution in [0, 0.1) is 6.92 Å². The van der Waals surface area contributed by atoms with Crippen molar-refractivity contribution in [3.8, 4) is 5.75 Å². The summed E-state index contributed by atoms with van der Waals surface area (Å²) in [4.78, 5) is 0. The molecule has 1 heterocycles. The SMILES string of the molecule is Cc1cccc(OCc2ccco2)c1N. The second kappa shape index (κ2) is 4.09. The van der Waals surface area contributed by atoms with Gasteiger partial charge in [0.25, 0.3) is 0 Å². The molecule has 15 heavy (non-hydrogen) atoms. The average Bonchev–Trinajstić information content (AvgIpc) is 2.73. The molecule has 0 saturated heterocycles. The molecule has 0 radical (unpaired) electrons. The molecule has 0 aliphatic heterocycles. The summed E-state index contributed by atoms with van der Waals surface area (Å²) in [6, 6.07) is 9.42. The lowest BCUT2D eigenvalue weighted by atomic mass is 10.2. The Balaban J connectivity index is 2.08. The minimum Gasteiger partial charge on any atom is -0.483 e. The molecule has 3 heteroatoms. The number of ether oxygens (including phenoxy) is 1. The van der Waals surface area contributed by atoms with E-state index >= 15 is 0 Å². The fourth-order valence-corrected chi connectivity index (χ4v) is 1.32. The van der Waals surface area contributed by atoms with Gasteiger partial charge in [-0.15, -0.1) is 0 Å². The molecule has 0 amide bonds. The summed E-state index contributed by atoms with van der Waals surface area (Å²) in [6.07, 6.45) is 1.62. The van der Waals surface area contributed by atoms with Crippen molar-refractivity contribution in [3.05, 3.63) is 47.9 Å². The molecule has 0 unspecified atom stereocenters. The Morgan fingerprint density at radius 1 is 1.27 bits per heavy atom. The van der Waals surface area contributed by atoms with E-state index in [2.05, 4.69) is 0 Å². The van der Waals surface area contributed by atoms with Crippen LogP contribution in [-0.2, 0) is 6.61 Å². The topological polar surface area (TPSA) is 48.4 Å². The van der Waals surface area contributed by atoms with Gasteiger partial charge in [0, 0.05) is 0 Å². The molecule has 1 aromatic carbocycles. The van der Waals surface area contributed by atoms with E-state index < -0.39 is 0 Å². The maximum Gasteiger partial charge on any atom is 0.146 e. The molecule has 78 valence electrons. The van der Waals surface area contributed by atoms with Gasteiger partial charge in [0.1, 0.15) is 18.1 Å². The minimum absolute atomic E-state index is 0.403. The van der Waals surface area contributed by atoms with Crippen LogP contribution in [-0.4, -0.2) is 0 Å². The van der Waals surface area contributed by atoms with E-state index in [1.807, 2.05) is 37.3 Å². The third-order valence-electron chi connectivity index (χ3n) is 2.23. The van der Waals surface area contributed by atoms with E-state index in [4.69, 9.17) is 14.9 Å². The molecule has 1 aromatic heterocycles. The Morgan fingerprint density at radius 2 is 2.13 bits per heavy atom. The summed E-state index contributed by atoms with van der Waals surface area (Å²) in [5.74, 6) is 1.49. The Morgan fingerprint density at radius 3 is 2.87 bits per heavy atom. The maximum atomic E-state index is 5.87. The van der Waals surface area contributed by atoms with Gasteiger partial charge < -0.3 is 14.9 Å². The molecule has 0 fully saturated rings. The van der Waals surface area contributed by atoms with Gasteiger partial charge in [-0.1, -0.05) is 12.1 Å². The van der Waals surface area contributed by atoms with Crippen LogP contribution in [0.4, 0.5) is 5.69 Å². The van der Waals surface area contributed by atoms with Crippen LogP contribution < -0.4 is 10.5 Å². The lowest BCUT2D eigenvalue weighted by Gasteiger charge is -2.08. The Bertz CT molecular complexity index is 435. The van der Waals surface area contributed by atoms with Crippen LogP contribution in [0.3, 0.4) is 0 Å². The molecular weight excluding hydrogens is 190 g/mol. The number of para-hydroxylation sites is 1. The first-order valence-electron chi connectivity index (χ1n) is 4.77. The van der Waals surface area contributed by atoms with Crippen molar-refractivity contribution < 1.29 is 9.15 Å². The van der Waals surface area contributed by atoms with E-state index in [-0.39, 0.29) is 0 Å². The third-order valence-corrected chi connectivity index (χ3v) is 2.23. The largest absolute Gasteiger partial charge is 0.483 e. The minimum atomic E-state index is 0.403. The lowest BCUT2D eigenvalue weighted by molar-refractivity contribution is 0.271. The fraction of sp³-hybridized carbons (Fsp3) is 0.167. The Kier molecular flexibility index (Phi) is 2.63. The number of benzene rings is 1. The Hall–Kier alpha value is -1.90. The number of nitrogen functional groups attached to an aromatic ring is 1. The van der Waals surface area contributed by atoms with Gasteiger partial charge >= 0.3 is 0 Å². The van der Waals surface area contributed by atoms with Crippen molar-refractivity contribution in [2.75, 3.05) is 5.73 Å². The molecule has 0 spiro atoms. The number of anilines is 1. The molecule has 2 aromatic rings. The van der Waals surface area contributed by atoms with Crippen molar-refractivity contribution in [1.29, 1.82) is 0 Å². The van der Waals surface area contributed by atoms with Crippen molar-refractivity contribution in [3.63, 3.8) is 0 Å². The zero-order chi connectivity index (χ0) is 10.7. The van der Waals surface area contributed by atoms with E-state index in [9.17, 15) is 0 Å². The number of nitrogens with two attached hydrogens (primary N) is 1. The number of hydrogen-bond donors (Lipinski definition) is 1. The van der Waals surface area contributed by atoms with Crippen molar-refractivity contribution >= 4 is 5.69 Å². The van der Waals surface area contributed by atoms with Crippen LogP contribution in [0.25, 0.3) is 0 Å². The van der Waals surface area contributed by atoms with Crippen LogP contribution in [0.15, 0.2) is 41.0 Å². The van der Waals surface area contributed by atoms with Gasteiger partial charge in [0.05, 0.1) is 12.0 Å². The summed E-state index contributed by atoms with van der Waals surface area (Å²) in [6.45, 7) is 2.36. The third kappa shape index (κ3) is 2.13. The molecule has 0 bridgehead atoms. The van der Waals surface area contributed by atoms with Crippen molar-refractivity contribution in [2.24, 2.45) is 0 Å². The molecule has 2 N–H and O–H groups in total.